The second-order valence-electron chi connectivity index (χ2n) is 7.15. The zero-order valence-corrected chi connectivity index (χ0v) is 14.8. The Kier molecular flexibility index (Phi) is 6.01. The molecule has 1 atom stereocenters. The predicted octanol–water partition coefficient (Wildman–Crippen LogP) is 4.35. The molecule has 3 nitrogen and oxygen atoms in total. The van der Waals surface area contributed by atoms with Gasteiger partial charge in [0.05, 0.1) is 5.56 Å². The molecule has 1 aromatic carbocycles. The summed E-state index contributed by atoms with van der Waals surface area (Å²) < 4.78 is 37.8. The minimum atomic E-state index is -4.38. The zero-order chi connectivity index (χ0) is 18.6. The highest BCUT2D eigenvalue weighted by Gasteiger charge is 2.30. The Morgan fingerprint density at radius 2 is 1.73 bits per heavy atom. The summed E-state index contributed by atoms with van der Waals surface area (Å²) >= 11 is 0. The lowest BCUT2D eigenvalue weighted by atomic mass is 10.1. The molecule has 2 fully saturated rings. The van der Waals surface area contributed by atoms with E-state index in [1.54, 1.807) is 0 Å². The molecule has 2 aliphatic heterocycles. The molecule has 142 valence electrons. The Hall–Kier alpha value is -1.82. The van der Waals surface area contributed by atoms with Crippen LogP contribution in [0.15, 0.2) is 36.5 Å². The van der Waals surface area contributed by atoms with Gasteiger partial charge in [0.2, 0.25) is 0 Å². The van der Waals surface area contributed by atoms with Crippen molar-refractivity contribution < 1.29 is 18.0 Å². The van der Waals surface area contributed by atoms with Crippen LogP contribution in [0.2, 0.25) is 0 Å². The van der Waals surface area contributed by atoms with Crippen LogP contribution in [-0.4, -0.2) is 47.8 Å². The molecule has 0 radical (unpaired) electrons. The topological polar surface area (TPSA) is 23.6 Å². The van der Waals surface area contributed by atoms with Crippen LogP contribution in [0.1, 0.15) is 48.0 Å². The number of rotatable bonds is 5. The fourth-order valence-electron chi connectivity index (χ4n) is 3.77. The van der Waals surface area contributed by atoms with Crippen LogP contribution >= 0.6 is 0 Å². The molecule has 0 amide bonds. The fraction of sp³-hybridized carbons (Fsp3) is 0.550. The van der Waals surface area contributed by atoms with Gasteiger partial charge in [0, 0.05) is 37.0 Å². The van der Waals surface area contributed by atoms with Gasteiger partial charge in [0.15, 0.2) is 5.78 Å². The second kappa shape index (κ2) is 8.25. The van der Waals surface area contributed by atoms with Crippen molar-refractivity contribution >= 4 is 5.78 Å². The number of ketones is 1. The van der Waals surface area contributed by atoms with Gasteiger partial charge in [-0.1, -0.05) is 18.6 Å². The lowest BCUT2D eigenvalue weighted by molar-refractivity contribution is -0.137. The summed E-state index contributed by atoms with van der Waals surface area (Å²) in [4.78, 5) is 17.0. The van der Waals surface area contributed by atoms with E-state index in [2.05, 4.69) is 9.80 Å². The number of hydrogen-bond donors (Lipinski definition) is 0. The molecule has 1 aromatic rings. The van der Waals surface area contributed by atoms with Gasteiger partial charge in [-0.25, -0.2) is 0 Å². The largest absolute Gasteiger partial charge is 0.416 e. The van der Waals surface area contributed by atoms with Crippen LogP contribution in [0, 0.1) is 0 Å². The Labute approximate surface area is 152 Å². The van der Waals surface area contributed by atoms with E-state index in [0.717, 1.165) is 51.2 Å². The molecule has 26 heavy (non-hydrogen) atoms. The summed E-state index contributed by atoms with van der Waals surface area (Å²) in [6.45, 7) is 4.26. The van der Waals surface area contributed by atoms with Gasteiger partial charge in [-0.05, 0) is 50.9 Å². The van der Waals surface area contributed by atoms with Crippen molar-refractivity contribution in [2.24, 2.45) is 0 Å². The van der Waals surface area contributed by atoms with Crippen LogP contribution in [0.25, 0.3) is 0 Å². The molecule has 6 heteroatoms. The van der Waals surface area contributed by atoms with E-state index in [9.17, 15) is 18.0 Å². The number of halogens is 3. The van der Waals surface area contributed by atoms with E-state index in [4.69, 9.17) is 0 Å². The van der Waals surface area contributed by atoms with E-state index in [1.807, 2.05) is 6.20 Å². The van der Waals surface area contributed by atoms with Crippen LogP contribution in [0.4, 0.5) is 13.2 Å². The van der Waals surface area contributed by atoms with Crippen LogP contribution in [0.3, 0.4) is 0 Å². The fourth-order valence-corrected chi connectivity index (χ4v) is 3.77. The van der Waals surface area contributed by atoms with Crippen LogP contribution < -0.4 is 0 Å². The molecule has 0 unspecified atom stereocenters. The van der Waals surface area contributed by atoms with Crippen molar-refractivity contribution in [2.75, 3.05) is 26.2 Å². The highest BCUT2D eigenvalue weighted by Crippen LogP contribution is 2.29. The first-order valence-electron chi connectivity index (χ1n) is 9.31. The number of carbonyl (C=O) groups is 1. The van der Waals surface area contributed by atoms with Gasteiger partial charge in [0.1, 0.15) is 0 Å². The first-order chi connectivity index (χ1) is 12.4. The van der Waals surface area contributed by atoms with Crippen LogP contribution in [0.5, 0.6) is 0 Å². The molecule has 3 rings (SSSR count). The van der Waals surface area contributed by atoms with E-state index < -0.39 is 11.7 Å². The van der Waals surface area contributed by atoms with Crippen LogP contribution in [-0.2, 0) is 6.18 Å². The third-order valence-electron chi connectivity index (χ3n) is 5.25. The zero-order valence-electron chi connectivity index (χ0n) is 14.8. The van der Waals surface area contributed by atoms with Crippen molar-refractivity contribution in [2.45, 2.75) is 44.3 Å². The summed E-state index contributed by atoms with van der Waals surface area (Å²) in [7, 11) is 0. The SMILES string of the molecule is O=C(/C=C/N1CCC[C@@H]1CN1CCCCC1)c1ccc(C(F)(F)F)cc1. The molecule has 0 aliphatic carbocycles. The molecule has 0 saturated carbocycles. The highest BCUT2D eigenvalue weighted by molar-refractivity contribution is 6.04. The smallest absolute Gasteiger partial charge is 0.373 e. The lowest BCUT2D eigenvalue weighted by Gasteiger charge is -2.32. The van der Waals surface area contributed by atoms with Crippen molar-refractivity contribution in [3.63, 3.8) is 0 Å². The van der Waals surface area contributed by atoms with E-state index in [0.29, 0.717) is 6.04 Å². The van der Waals surface area contributed by atoms with Crippen molar-refractivity contribution in [1.29, 1.82) is 0 Å². The number of piperidine rings is 1. The predicted molar refractivity (Wildman–Crippen MR) is 94.9 cm³/mol. The Morgan fingerprint density at radius 3 is 2.38 bits per heavy atom. The molecule has 0 N–H and O–H groups in total. The Morgan fingerprint density at radius 1 is 1.04 bits per heavy atom. The maximum absolute atomic E-state index is 12.6. The Balaban J connectivity index is 1.58. The third kappa shape index (κ3) is 4.87. The normalized spacial score (nSPS) is 22.3. The monoisotopic (exact) mass is 366 g/mol. The molecule has 0 spiro atoms. The van der Waals surface area contributed by atoms with Gasteiger partial charge in [-0.2, -0.15) is 13.2 Å². The third-order valence-corrected chi connectivity index (χ3v) is 5.25. The van der Waals surface area contributed by atoms with Gasteiger partial charge in [0.25, 0.3) is 0 Å². The maximum atomic E-state index is 12.6. The van der Waals surface area contributed by atoms with Crippen molar-refractivity contribution in [3.8, 4) is 0 Å². The second-order valence-corrected chi connectivity index (χ2v) is 7.15. The number of allylic oxidation sites excluding steroid dienone is 1. The number of likely N-dealkylation sites (tertiary alicyclic amines) is 2. The minimum absolute atomic E-state index is 0.262. The molecular weight excluding hydrogens is 341 g/mol. The Bertz CT molecular complexity index is 633. The van der Waals surface area contributed by atoms with E-state index in [-0.39, 0.29) is 11.3 Å². The average Bonchev–Trinajstić information content (AvgIpc) is 3.07. The number of carbonyl (C=O) groups excluding carboxylic acids is 1. The lowest BCUT2D eigenvalue weighted by Crippen LogP contribution is -2.40. The molecule has 2 aliphatic rings. The number of hydrogen-bond acceptors (Lipinski definition) is 3. The minimum Gasteiger partial charge on any atom is -0.373 e. The molecule has 0 aromatic heterocycles. The van der Waals surface area contributed by atoms with Crippen molar-refractivity contribution in [3.05, 3.63) is 47.7 Å². The van der Waals surface area contributed by atoms with E-state index >= 15 is 0 Å². The number of benzene rings is 1. The van der Waals surface area contributed by atoms with Gasteiger partial charge < -0.3 is 9.80 Å². The highest BCUT2D eigenvalue weighted by atomic mass is 19.4. The molecule has 2 saturated heterocycles. The quantitative estimate of drug-likeness (QED) is 0.572. The van der Waals surface area contributed by atoms with Gasteiger partial charge >= 0.3 is 6.18 Å². The maximum Gasteiger partial charge on any atom is 0.416 e. The van der Waals surface area contributed by atoms with Crippen molar-refractivity contribution in [1.82, 2.24) is 9.80 Å². The average molecular weight is 366 g/mol. The van der Waals surface area contributed by atoms with Gasteiger partial charge in [-0.15, -0.1) is 0 Å². The number of nitrogens with zero attached hydrogens (tertiary/aromatic N) is 2. The first kappa shape index (κ1) is 19.0. The first-order valence-corrected chi connectivity index (χ1v) is 9.31. The summed E-state index contributed by atoms with van der Waals surface area (Å²) in [5.41, 5.74) is -0.458. The summed E-state index contributed by atoms with van der Waals surface area (Å²) in [5, 5.41) is 0. The summed E-state index contributed by atoms with van der Waals surface area (Å²) in [5.74, 6) is -0.262. The standard InChI is InChI=1S/C20H25F3N2O/c21-20(22,23)17-8-6-16(7-9-17)19(26)10-14-25-13-4-5-18(25)15-24-11-2-1-3-12-24/h6-10,14,18H,1-5,11-13,15H2/b14-10+/t18-/m1/s1. The van der Waals surface area contributed by atoms with E-state index in [1.165, 1.54) is 37.5 Å². The summed E-state index contributed by atoms with van der Waals surface area (Å²) in [6.07, 6.45) is 4.98. The molecule has 2 heterocycles. The summed E-state index contributed by atoms with van der Waals surface area (Å²) in [6, 6.07) is 4.81. The van der Waals surface area contributed by atoms with Gasteiger partial charge in [-0.3, -0.25) is 4.79 Å². The molecule has 0 bridgehead atoms. The number of alkyl halides is 3. The molecular formula is C20H25F3N2O.